The Hall–Kier alpha value is -0.600. The highest BCUT2D eigenvalue weighted by atomic mass is 127. The first kappa shape index (κ1) is 16.4. The van der Waals surface area contributed by atoms with E-state index >= 15 is 0 Å². The van der Waals surface area contributed by atoms with Gasteiger partial charge in [0.25, 0.3) is 0 Å². The summed E-state index contributed by atoms with van der Waals surface area (Å²) in [7, 11) is 0. The molecule has 0 radical (unpaired) electrons. The van der Waals surface area contributed by atoms with E-state index in [-0.39, 0.29) is 30.5 Å². The standard InChI is InChI=1S/C11H17N3OS.HI/c1-3-6-13-10(12)14-8-11(2,15)9-5-4-7-16-9;/h3-5,7,15H,1,6,8H2,2H3,(H3,12,13,14);1H. The average molecular weight is 367 g/mol. The van der Waals surface area contributed by atoms with E-state index in [1.165, 1.54) is 11.3 Å². The normalized spacial score (nSPS) is 14.6. The SMILES string of the molecule is C=CCNC(N)=NCC(C)(O)c1cccs1.I. The molecule has 0 saturated carbocycles. The molecule has 0 fully saturated rings. The molecule has 1 atom stereocenters. The molecule has 4 N–H and O–H groups in total. The van der Waals surface area contributed by atoms with Crippen LogP contribution in [0.4, 0.5) is 0 Å². The number of nitrogens with one attached hydrogen (secondary N) is 1. The molecule has 1 aromatic heterocycles. The summed E-state index contributed by atoms with van der Waals surface area (Å²) in [5, 5.41) is 14.9. The van der Waals surface area contributed by atoms with Crippen LogP contribution in [-0.4, -0.2) is 24.2 Å². The van der Waals surface area contributed by atoms with E-state index < -0.39 is 5.60 Å². The third-order valence-corrected chi connectivity index (χ3v) is 3.16. The summed E-state index contributed by atoms with van der Waals surface area (Å²) < 4.78 is 0. The van der Waals surface area contributed by atoms with Crippen LogP contribution in [0.15, 0.2) is 35.2 Å². The number of aliphatic imine (C=N–C) groups is 1. The number of aliphatic hydroxyl groups is 1. The van der Waals surface area contributed by atoms with Gasteiger partial charge in [-0.25, -0.2) is 0 Å². The van der Waals surface area contributed by atoms with Gasteiger partial charge < -0.3 is 16.2 Å². The lowest BCUT2D eigenvalue weighted by atomic mass is 10.1. The van der Waals surface area contributed by atoms with Gasteiger partial charge in [0, 0.05) is 11.4 Å². The summed E-state index contributed by atoms with van der Waals surface area (Å²) in [6.07, 6.45) is 1.69. The highest BCUT2D eigenvalue weighted by molar-refractivity contribution is 14.0. The molecule has 0 aliphatic heterocycles. The van der Waals surface area contributed by atoms with Crippen molar-refractivity contribution in [3.63, 3.8) is 0 Å². The summed E-state index contributed by atoms with van der Waals surface area (Å²) in [5.74, 6) is 0.316. The summed E-state index contributed by atoms with van der Waals surface area (Å²) in [6.45, 7) is 6.09. The highest BCUT2D eigenvalue weighted by Crippen LogP contribution is 2.25. The quantitative estimate of drug-likeness (QED) is 0.321. The predicted molar refractivity (Wildman–Crippen MR) is 84.0 cm³/mol. The van der Waals surface area contributed by atoms with E-state index in [0.29, 0.717) is 12.5 Å². The Morgan fingerprint density at radius 3 is 3.00 bits per heavy atom. The third-order valence-electron chi connectivity index (χ3n) is 2.04. The smallest absolute Gasteiger partial charge is 0.188 e. The van der Waals surface area contributed by atoms with E-state index in [9.17, 15) is 5.11 Å². The zero-order chi connectivity index (χ0) is 12.0. The lowest BCUT2D eigenvalue weighted by molar-refractivity contribution is 0.0712. The lowest BCUT2D eigenvalue weighted by Crippen LogP contribution is -2.34. The Bertz CT molecular complexity index is 363. The van der Waals surface area contributed by atoms with E-state index in [2.05, 4.69) is 16.9 Å². The number of rotatable bonds is 5. The van der Waals surface area contributed by atoms with Crippen molar-refractivity contribution in [1.29, 1.82) is 0 Å². The van der Waals surface area contributed by atoms with E-state index in [0.717, 1.165) is 4.88 Å². The van der Waals surface area contributed by atoms with Crippen LogP contribution in [0.25, 0.3) is 0 Å². The van der Waals surface area contributed by atoms with Gasteiger partial charge in [0.2, 0.25) is 0 Å². The van der Waals surface area contributed by atoms with Gasteiger partial charge in [-0.1, -0.05) is 12.1 Å². The Labute approximate surface area is 123 Å². The highest BCUT2D eigenvalue weighted by Gasteiger charge is 2.23. The summed E-state index contributed by atoms with van der Waals surface area (Å²) in [6, 6.07) is 3.78. The molecule has 0 aromatic carbocycles. The Morgan fingerprint density at radius 2 is 2.47 bits per heavy atom. The molecule has 17 heavy (non-hydrogen) atoms. The lowest BCUT2D eigenvalue weighted by Gasteiger charge is -2.19. The van der Waals surface area contributed by atoms with Crippen molar-refractivity contribution < 1.29 is 5.11 Å². The first-order chi connectivity index (χ1) is 7.56. The third kappa shape index (κ3) is 5.51. The number of hydrogen-bond donors (Lipinski definition) is 3. The summed E-state index contributed by atoms with van der Waals surface area (Å²) in [5.41, 5.74) is 4.64. The number of nitrogens with zero attached hydrogens (tertiary/aromatic N) is 1. The molecule has 6 heteroatoms. The van der Waals surface area contributed by atoms with Gasteiger partial charge in [-0.05, 0) is 18.4 Å². The van der Waals surface area contributed by atoms with Crippen LogP contribution in [0, 0.1) is 0 Å². The second-order valence-corrected chi connectivity index (χ2v) is 4.57. The maximum absolute atomic E-state index is 10.1. The van der Waals surface area contributed by atoms with Crippen LogP contribution < -0.4 is 11.1 Å². The minimum atomic E-state index is -0.964. The monoisotopic (exact) mass is 367 g/mol. The van der Waals surface area contributed by atoms with Gasteiger partial charge in [0.05, 0.1) is 6.54 Å². The van der Waals surface area contributed by atoms with Crippen LogP contribution in [-0.2, 0) is 5.60 Å². The maximum Gasteiger partial charge on any atom is 0.188 e. The molecule has 0 amide bonds. The number of guanidine groups is 1. The fourth-order valence-corrected chi connectivity index (χ4v) is 1.91. The van der Waals surface area contributed by atoms with Gasteiger partial charge >= 0.3 is 0 Å². The summed E-state index contributed by atoms with van der Waals surface area (Å²) in [4.78, 5) is 4.96. The second kappa shape index (κ2) is 7.67. The van der Waals surface area contributed by atoms with Crippen LogP contribution >= 0.6 is 35.3 Å². The number of halogens is 1. The van der Waals surface area contributed by atoms with Crippen LogP contribution in [0.5, 0.6) is 0 Å². The zero-order valence-corrected chi connectivity index (χ0v) is 12.9. The fraction of sp³-hybridized carbons (Fsp3) is 0.364. The summed E-state index contributed by atoms with van der Waals surface area (Å²) >= 11 is 1.50. The number of thiophene rings is 1. The van der Waals surface area contributed by atoms with Crippen LogP contribution in [0.3, 0.4) is 0 Å². The molecule has 0 bridgehead atoms. The molecule has 0 aliphatic rings. The molecule has 1 heterocycles. The average Bonchev–Trinajstić information content (AvgIpc) is 2.77. The van der Waals surface area contributed by atoms with Crippen molar-refractivity contribution in [2.45, 2.75) is 12.5 Å². The van der Waals surface area contributed by atoms with E-state index in [4.69, 9.17) is 5.73 Å². The Morgan fingerprint density at radius 1 is 1.76 bits per heavy atom. The number of nitrogens with two attached hydrogens (primary N) is 1. The van der Waals surface area contributed by atoms with Crippen molar-refractivity contribution in [2.75, 3.05) is 13.1 Å². The molecule has 1 unspecified atom stereocenters. The molecular weight excluding hydrogens is 349 g/mol. The van der Waals surface area contributed by atoms with Crippen LogP contribution in [0.1, 0.15) is 11.8 Å². The molecule has 0 aliphatic carbocycles. The Kier molecular flexibility index (Phi) is 7.40. The van der Waals surface area contributed by atoms with Crippen molar-refractivity contribution in [2.24, 2.45) is 10.7 Å². The molecule has 1 rings (SSSR count). The largest absolute Gasteiger partial charge is 0.383 e. The van der Waals surface area contributed by atoms with E-state index in [1.807, 2.05) is 17.5 Å². The second-order valence-electron chi connectivity index (χ2n) is 3.62. The zero-order valence-electron chi connectivity index (χ0n) is 9.72. The van der Waals surface area contributed by atoms with Crippen molar-refractivity contribution in [3.8, 4) is 0 Å². The first-order valence-electron chi connectivity index (χ1n) is 4.97. The fourth-order valence-electron chi connectivity index (χ4n) is 1.13. The van der Waals surface area contributed by atoms with Crippen molar-refractivity contribution in [1.82, 2.24) is 5.32 Å². The van der Waals surface area contributed by atoms with Gasteiger partial charge in [-0.15, -0.1) is 41.9 Å². The minimum Gasteiger partial charge on any atom is -0.383 e. The van der Waals surface area contributed by atoms with E-state index in [1.54, 1.807) is 13.0 Å². The van der Waals surface area contributed by atoms with Crippen molar-refractivity contribution in [3.05, 3.63) is 35.0 Å². The van der Waals surface area contributed by atoms with Gasteiger partial charge in [-0.3, -0.25) is 4.99 Å². The minimum absolute atomic E-state index is 0. The topological polar surface area (TPSA) is 70.6 Å². The van der Waals surface area contributed by atoms with Crippen LogP contribution in [0.2, 0.25) is 0 Å². The molecule has 1 aromatic rings. The maximum atomic E-state index is 10.1. The van der Waals surface area contributed by atoms with Gasteiger partial charge in [0.15, 0.2) is 5.96 Å². The molecular formula is C11H18IN3OS. The molecule has 0 saturated heterocycles. The van der Waals surface area contributed by atoms with Crippen molar-refractivity contribution >= 4 is 41.3 Å². The Balaban J connectivity index is 0.00000256. The van der Waals surface area contributed by atoms with Gasteiger partial charge in [-0.2, -0.15) is 0 Å². The first-order valence-corrected chi connectivity index (χ1v) is 5.85. The molecule has 0 spiro atoms. The predicted octanol–water partition coefficient (Wildman–Crippen LogP) is 1.66. The van der Waals surface area contributed by atoms with Gasteiger partial charge in [0.1, 0.15) is 5.60 Å². The molecule has 96 valence electrons. The molecule has 4 nitrogen and oxygen atoms in total. The number of hydrogen-bond acceptors (Lipinski definition) is 3.